The third kappa shape index (κ3) is 2.56. The van der Waals surface area contributed by atoms with E-state index in [-0.39, 0.29) is 11.6 Å². The summed E-state index contributed by atoms with van der Waals surface area (Å²) in [4.78, 5) is 23.7. The van der Waals surface area contributed by atoms with Crippen LogP contribution in [0, 0.1) is 0 Å². The van der Waals surface area contributed by atoms with Crippen molar-refractivity contribution in [2.75, 3.05) is 5.32 Å². The second kappa shape index (κ2) is 5.45. The molecule has 3 nitrogen and oxygen atoms in total. The molecule has 1 N–H and O–H groups in total. The van der Waals surface area contributed by atoms with Gasteiger partial charge >= 0.3 is 0 Å². The quantitative estimate of drug-likeness (QED) is 0.824. The van der Waals surface area contributed by atoms with Crippen LogP contribution < -0.4 is 5.32 Å². The fraction of sp³-hybridized carbons (Fsp3) is 0.200. The highest BCUT2D eigenvalue weighted by Gasteiger charge is 2.21. The summed E-state index contributed by atoms with van der Waals surface area (Å²) in [6.45, 7) is 1.99. The molecule has 0 radical (unpaired) electrons. The lowest BCUT2D eigenvalue weighted by atomic mass is 9.96. The highest BCUT2D eigenvalue weighted by Crippen LogP contribution is 2.21. The normalized spacial score (nSPS) is 15.2. The maximum absolute atomic E-state index is 11.9. The average Bonchev–Trinajstić information content (AvgIpc) is 2.39. The van der Waals surface area contributed by atoms with Gasteiger partial charge in [-0.1, -0.05) is 31.5 Å². The molecule has 3 heteroatoms. The number of allylic oxidation sites excluding steroid dienone is 3. The van der Waals surface area contributed by atoms with Gasteiger partial charge in [-0.25, -0.2) is 0 Å². The Morgan fingerprint density at radius 2 is 1.67 bits per heavy atom. The fourth-order valence-corrected chi connectivity index (χ4v) is 1.91. The van der Waals surface area contributed by atoms with Gasteiger partial charge in [-0.15, -0.1) is 0 Å². The molecule has 0 atom stereocenters. The summed E-state index contributed by atoms with van der Waals surface area (Å²) in [5.74, 6) is -0.211. The molecule has 1 aliphatic carbocycles. The second-order valence-corrected chi connectivity index (χ2v) is 4.16. The molecule has 0 fully saturated rings. The minimum Gasteiger partial charge on any atom is -0.352 e. The van der Waals surface area contributed by atoms with Crippen molar-refractivity contribution in [3.63, 3.8) is 0 Å². The summed E-state index contributed by atoms with van der Waals surface area (Å²) in [6, 6.07) is 9.40. The zero-order valence-electron chi connectivity index (χ0n) is 10.3. The second-order valence-electron chi connectivity index (χ2n) is 4.16. The Bertz CT molecular complexity index is 527. The first-order chi connectivity index (χ1) is 8.72. The molecule has 0 bridgehead atoms. The maximum atomic E-state index is 11.9. The van der Waals surface area contributed by atoms with Gasteiger partial charge in [0, 0.05) is 11.3 Å². The number of carbonyl (C=O) groups is 2. The van der Waals surface area contributed by atoms with E-state index < -0.39 is 0 Å². The Kier molecular flexibility index (Phi) is 3.72. The lowest BCUT2D eigenvalue weighted by Crippen LogP contribution is -2.20. The lowest BCUT2D eigenvalue weighted by Gasteiger charge is -2.16. The summed E-state index contributed by atoms with van der Waals surface area (Å²) >= 11 is 0. The molecule has 92 valence electrons. The standard InChI is InChI=1S/C15H15NO2/c1-2-6-12-13(17)9-10-14(18)15(12)16-11-7-4-3-5-8-11/h3-5,7-10,16H,2,6H2,1H3. The number of carbonyl (C=O) groups excluding carboxylic acids is 2. The van der Waals surface area contributed by atoms with Crippen LogP contribution in [0.4, 0.5) is 5.69 Å². The summed E-state index contributed by atoms with van der Waals surface area (Å²) in [7, 11) is 0. The van der Waals surface area contributed by atoms with E-state index in [0.717, 1.165) is 12.1 Å². The zero-order chi connectivity index (χ0) is 13.0. The maximum Gasteiger partial charge on any atom is 0.202 e. The molecule has 0 aliphatic heterocycles. The predicted octanol–water partition coefficient (Wildman–Crippen LogP) is 2.86. The molecule has 0 amide bonds. The van der Waals surface area contributed by atoms with Crippen LogP contribution >= 0.6 is 0 Å². The monoisotopic (exact) mass is 241 g/mol. The Balaban J connectivity index is 2.33. The van der Waals surface area contributed by atoms with Gasteiger partial charge in [0.05, 0.1) is 5.70 Å². The van der Waals surface area contributed by atoms with Crippen molar-refractivity contribution in [1.82, 2.24) is 0 Å². The van der Waals surface area contributed by atoms with E-state index in [1.165, 1.54) is 12.2 Å². The van der Waals surface area contributed by atoms with Crippen LogP contribution in [0.15, 0.2) is 53.8 Å². The van der Waals surface area contributed by atoms with E-state index in [4.69, 9.17) is 0 Å². The minimum absolute atomic E-state index is 0.0742. The van der Waals surface area contributed by atoms with Crippen molar-refractivity contribution < 1.29 is 9.59 Å². The first-order valence-corrected chi connectivity index (χ1v) is 6.04. The Morgan fingerprint density at radius 1 is 1.00 bits per heavy atom. The molecule has 18 heavy (non-hydrogen) atoms. The number of hydrogen-bond donors (Lipinski definition) is 1. The summed E-state index contributed by atoms with van der Waals surface area (Å²) in [6.07, 6.45) is 4.13. The SMILES string of the molecule is CCCC1=C(Nc2ccccc2)C(=O)C=CC1=O. The van der Waals surface area contributed by atoms with E-state index in [2.05, 4.69) is 5.32 Å². The van der Waals surface area contributed by atoms with E-state index in [0.29, 0.717) is 17.7 Å². The first-order valence-electron chi connectivity index (χ1n) is 6.04. The molecule has 2 rings (SSSR count). The smallest absolute Gasteiger partial charge is 0.202 e. The van der Waals surface area contributed by atoms with Gasteiger partial charge in [0.1, 0.15) is 0 Å². The fourth-order valence-electron chi connectivity index (χ4n) is 1.91. The summed E-state index contributed by atoms with van der Waals surface area (Å²) in [5.41, 5.74) is 1.81. The van der Waals surface area contributed by atoms with Gasteiger partial charge in [-0.2, -0.15) is 0 Å². The van der Waals surface area contributed by atoms with Gasteiger partial charge in [0.2, 0.25) is 5.78 Å². The van der Waals surface area contributed by atoms with Crippen LogP contribution in [0.2, 0.25) is 0 Å². The summed E-state index contributed by atoms with van der Waals surface area (Å²) in [5, 5.41) is 3.05. The topological polar surface area (TPSA) is 46.2 Å². The molecular weight excluding hydrogens is 226 g/mol. The Labute approximate surface area is 106 Å². The van der Waals surface area contributed by atoms with E-state index in [1.54, 1.807) is 0 Å². The van der Waals surface area contributed by atoms with Crippen molar-refractivity contribution in [2.24, 2.45) is 0 Å². The van der Waals surface area contributed by atoms with Gasteiger partial charge in [0.25, 0.3) is 0 Å². The van der Waals surface area contributed by atoms with Gasteiger partial charge in [0.15, 0.2) is 5.78 Å². The third-order valence-electron chi connectivity index (χ3n) is 2.77. The first kappa shape index (κ1) is 12.3. The number of benzene rings is 1. The number of ketones is 2. The van der Waals surface area contributed by atoms with Crippen LogP contribution in [-0.4, -0.2) is 11.6 Å². The van der Waals surface area contributed by atoms with Crippen molar-refractivity contribution >= 4 is 17.3 Å². The molecule has 0 heterocycles. The van der Waals surface area contributed by atoms with Crippen molar-refractivity contribution in [3.8, 4) is 0 Å². The number of anilines is 1. The molecule has 0 saturated carbocycles. The Hall–Kier alpha value is -2.16. The van der Waals surface area contributed by atoms with Gasteiger partial charge < -0.3 is 5.32 Å². The molecule has 0 spiro atoms. The molecule has 1 aromatic carbocycles. The Morgan fingerprint density at radius 3 is 2.33 bits per heavy atom. The largest absolute Gasteiger partial charge is 0.352 e. The average molecular weight is 241 g/mol. The highest BCUT2D eigenvalue weighted by molar-refractivity contribution is 6.21. The van der Waals surface area contributed by atoms with Crippen LogP contribution in [0.1, 0.15) is 19.8 Å². The molecule has 1 aromatic rings. The number of rotatable bonds is 4. The van der Waals surface area contributed by atoms with Crippen molar-refractivity contribution in [3.05, 3.63) is 53.8 Å². The third-order valence-corrected chi connectivity index (χ3v) is 2.77. The van der Waals surface area contributed by atoms with Crippen molar-refractivity contribution in [2.45, 2.75) is 19.8 Å². The van der Waals surface area contributed by atoms with Crippen molar-refractivity contribution in [1.29, 1.82) is 0 Å². The number of hydrogen-bond acceptors (Lipinski definition) is 3. The van der Waals surface area contributed by atoms with E-state index >= 15 is 0 Å². The molecule has 0 aromatic heterocycles. The van der Waals surface area contributed by atoms with Crippen LogP contribution in [-0.2, 0) is 9.59 Å². The van der Waals surface area contributed by atoms with E-state index in [9.17, 15) is 9.59 Å². The van der Waals surface area contributed by atoms with Crippen LogP contribution in [0.25, 0.3) is 0 Å². The molecule has 0 unspecified atom stereocenters. The molecule has 0 saturated heterocycles. The molecule has 1 aliphatic rings. The number of para-hydroxylation sites is 1. The molecular formula is C15H15NO2. The lowest BCUT2D eigenvalue weighted by molar-refractivity contribution is -0.115. The van der Waals surface area contributed by atoms with E-state index in [1.807, 2.05) is 37.3 Å². The van der Waals surface area contributed by atoms with Crippen LogP contribution in [0.5, 0.6) is 0 Å². The van der Waals surface area contributed by atoms with Gasteiger partial charge in [-0.05, 0) is 30.7 Å². The summed E-state index contributed by atoms with van der Waals surface area (Å²) < 4.78 is 0. The highest BCUT2D eigenvalue weighted by atomic mass is 16.1. The zero-order valence-corrected chi connectivity index (χ0v) is 10.3. The van der Waals surface area contributed by atoms with Crippen LogP contribution in [0.3, 0.4) is 0 Å². The predicted molar refractivity (Wildman–Crippen MR) is 71.2 cm³/mol. The van der Waals surface area contributed by atoms with Gasteiger partial charge in [-0.3, -0.25) is 9.59 Å². The minimum atomic E-state index is -0.137. The number of nitrogens with one attached hydrogen (secondary N) is 1.